The highest BCUT2D eigenvalue weighted by Gasteiger charge is 2.17. The number of benzene rings is 11. The fourth-order valence-corrected chi connectivity index (χ4v) is 11.4. The summed E-state index contributed by atoms with van der Waals surface area (Å²) in [5.41, 5.74) is 21.5. The summed E-state index contributed by atoms with van der Waals surface area (Å²) in [6.45, 7) is 12.8. The van der Waals surface area contributed by atoms with Gasteiger partial charge in [0, 0.05) is 55.2 Å². The van der Waals surface area contributed by atoms with Gasteiger partial charge in [-0.2, -0.15) is 0 Å². The monoisotopic (exact) mass is 1040 g/mol. The minimum Gasteiger partial charge on any atom is -0.311 e. The Kier molecular flexibility index (Phi) is 13.5. The van der Waals surface area contributed by atoms with Crippen LogP contribution in [-0.4, -0.2) is 9.13 Å². The predicted octanol–water partition coefficient (Wildman–Crippen LogP) is 19.4. The first kappa shape index (κ1) is 49.8. The van der Waals surface area contributed by atoms with Gasteiger partial charge in [-0.1, -0.05) is 244 Å². The number of hydrogen-bond acceptors (Lipinski definition) is 1. The van der Waals surface area contributed by atoms with Crippen molar-refractivity contribution in [1.29, 1.82) is 0 Å². The van der Waals surface area contributed by atoms with Crippen molar-refractivity contribution in [3.8, 4) is 67.0 Å². The minimum atomic E-state index is 0.943. The van der Waals surface area contributed by atoms with E-state index in [-0.39, 0.29) is 0 Å². The molecule has 0 aliphatic rings. The van der Waals surface area contributed by atoms with Crippen molar-refractivity contribution in [2.24, 2.45) is 0 Å². The molecule has 0 unspecified atom stereocenters. The van der Waals surface area contributed by atoms with Crippen LogP contribution in [0, 0.1) is 0 Å². The van der Waals surface area contributed by atoms with Gasteiger partial charge in [-0.05, 0) is 146 Å². The number of anilines is 2. The lowest BCUT2D eigenvalue weighted by atomic mass is 9.98. The van der Waals surface area contributed by atoms with E-state index >= 15 is 0 Å². The number of rotatable bonds is 14. The van der Waals surface area contributed by atoms with E-state index in [4.69, 9.17) is 0 Å². The van der Waals surface area contributed by atoms with Crippen LogP contribution in [0.5, 0.6) is 0 Å². The molecule has 0 aliphatic carbocycles. The molecule has 2 heterocycles. The van der Waals surface area contributed by atoms with Crippen molar-refractivity contribution in [3.63, 3.8) is 0 Å². The summed E-state index contributed by atoms with van der Waals surface area (Å²) in [7, 11) is 0. The SMILES string of the molecule is C=C/C=c1\c(=C)n(-c2ccc(-n3c4ccccc4c4cc(-c5ccc(-c6ccc(N(/C(C=C)=C/C=C/c7ccc(-c8ccccc8)cc7)c7ccc(-c8ccc(-c9ccccc9)cc8)cc7)cc6)cc5)ccc43)cc2)c2ccccc12. The van der Waals surface area contributed by atoms with E-state index in [0.29, 0.717) is 0 Å². The largest absolute Gasteiger partial charge is 0.311 e. The van der Waals surface area contributed by atoms with E-state index in [1.54, 1.807) is 0 Å². The quantitative estimate of drug-likeness (QED) is 0.0990. The van der Waals surface area contributed by atoms with Crippen molar-refractivity contribution < 1.29 is 0 Å². The molecule has 0 atom stereocenters. The lowest BCUT2D eigenvalue weighted by Crippen LogP contribution is -2.26. The zero-order chi connectivity index (χ0) is 54.7. The van der Waals surface area contributed by atoms with E-state index in [1.165, 1.54) is 49.7 Å². The van der Waals surface area contributed by atoms with Crippen molar-refractivity contribution >= 4 is 62.8 Å². The number of para-hydroxylation sites is 2. The average molecular weight is 1040 g/mol. The Balaban J connectivity index is 0.780. The van der Waals surface area contributed by atoms with Crippen molar-refractivity contribution in [2.75, 3.05) is 4.90 Å². The third-order valence-electron chi connectivity index (χ3n) is 15.5. The Bertz CT molecular complexity index is 4600. The van der Waals surface area contributed by atoms with Gasteiger partial charge in [0.05, 0.1) is 16.6 Å². The van der Waals surface area contributed by atoms with E-state index < -0.39 is 0 Å². The van der Waals surface area contributed by atoms with Crippen LogP contribution in [0.15, 0.2) is 316 Å². The Morgan fingerprint density at radius 1 is 0.358 bits per heavy atom. The molecule has 0 N–H and O–H groups in total. The topological polar surface area (TPSA) is 13.1 Å². The van der Waals surface area contributed by atoms with Crippen LogP contribution < -0.4 is 15.5 Å². The predicted molar refractivity (Wildman–Crippen MR) is 347 cm³/mol. The van der Waals surface area contributed by atoms with E-state index in [1.807, 2.05) is 24.3 Å². The molecule has 11 aromatic carbocycles. The van der Waals surface area contributed by atoms with Gasteiger partial charge in [0.2, 0.25) is 0 Å². The molecule has 0 amide bonds. The Morgan fingerprint density at radius 3 is 1.26 bits per heavy atom. The number of hydrogen-bond donors (Lipinski definition) is 0. The molecule has 0 fully saturated rings. The Morgan fingerprint density at radius 2 is 0.753 bits per heavy atom. The van der Waals surface area contributed by atoms with Crippen LogP contribution >= 0.6 is 0 Å². The van der Waals surface area contributed by atoms with Gasteiger partial charge in [0.15, 0.2) is 0 Å². The zero-order valence-corrected chi connectivity index (χ0v) is 44.9. The van der Waals surface area contributed by atoms with Gasteiger partial charge >= 0.3 is 0 Å². The third-order valence-corrected chi connectivity index (χ3v) is 15.5. The molecule has 0 radical (unpaired) electrons. The zero-order valence-electron chi connectivity index (χ0n) is 44.9. The first-order chi connectivity index (χ1) is 40.0. The van der Waals surface area contributed by atoms with Gasteiger partial charge < -0.3 is 14.0 Å². The number of nitrogens with zero attached hydrogens (tertiary/aromatic N) is 3. The molecule has 81 heavy (non-hydrogen) atoms. The normalized spacial score (nSPS) is 12.0. The first-order valence-corrected chi connectivity index (χ1v) is 27.5. The van der Waals surface area contributed by atoms with Gasteiger partial charge in [0.25, 0.3) is 0 Å². The summed E-state index contributed by atoms with van der Waals surface area (Å²) in [6.07, 6.45) is 12.2. The van der Waals surface area contributed by atoms with Crippen LogP contribution in [0.25, 0.3) is 118 Å². The molecular formula is C78H57N3. The van der Waals surface area contributed by atoms with Crippen LogP contribution in [0.2, 0.25) is 0 Å². The molecule has 0 spiro atoms. The molecule has 0 saturated heterocycles. The highest BCUT2D eigenvalue weighted by Crippen LogP contribution is 2.38. The smallest absolute Gasteiger partial charge is 0.0541 e. The van der Waals surface area contributed by atoms with Crippen LogP contribution in [0.3, 0.4) is 0 Å². The number of fused-ring (bicyclic) bond motifs is 4. The van der Waals surface area contributed by atoms with Crippen LogP contribution in [0.4, 0.5) is 11.4 Å². The Hall–Kier alpha value is -10.7. The molecule has 0 aliphatic heterocycles. The molecular weight excluding hydrogens is 979 g/mol. The minimum absolute atomic E-state index is 0.943. The second kappa shape index (κ2) is 21.9. The molecule has 0 saturated carbocycles. The summed E-state index contributed by atoms with van der Waals surface area (Å²) < 4.78 is 4.61. The van der Waals surface area contributed by atoms with Crippen molar-refractivity contribution in [2.45, 2.75) is 0 Å². The Labute approximate surface area is 473 Å². The first-order valence-electron chi connectivity index (χ1n) is 27.5. The molecule has 3 heteroatoms. The maximum Gasteiger partial charge on any atom is 0.0541 e. The molecule has 3 nitrogen and oxygen atoms in total. The maximum absolute atomic E-state index is 4.49. The summed E-state index contributed by atoms with van der Waals surface area (Å²) in [6, 6.07) is 98.0. The van der Waals surface area contributed by atoms with Gasteiger partial charge in [-0.25, -0.2) is 0 Å². The molecule has 0 bridgehead atoms. The van der Waals surface area contributed by atoms with Gasteiger partial charge in [-0.3, -0.25) is 0 Å². The van der Waals surface area contributed by atoms with Crippen molar-refractivity contribution in [1.82, 2.24) is 9.13 Å². The lowest BCUT2D eigenvalue weighted by Gasteiger charge is -2.26. The van der Waals surface area contributed by atoms with Crippen LogP contribution in [0.1, 0.15) is 5.56 Å². The van der Waals surface area contributed by atoms with E-state index in [2.05, 4.69) is 319 Å². The molecule has 384 valence electrons. The van der Waals surface area contributed by atoms with E-state index in [9.17, 15) is 0 Å². The molecule has 13 aromatic rings. The van der Waals surface area contributed by atoms with Crippen LogP contribution in [-0.2, 0) is 0 Å². The summed E-state index contributed by atoms with van der Waals surface area (Å²) in [5.74, 6) is 0. The van der Waals surface area contributed by atoms with Gasteiger partial charge in [-0.15, -0.1) is 0 Å². The summed E-state index contributed by atoms with van der Waals surface area (Å²) in [4.78, 5) is 2.27. The second-order valence-corrected chi connectivity index (χ2v) is 20.3. The summed E-state index contributed by atoms with van der Waals surface area (Å²) in [5, 5.41) is 5.63. The van der Waals surface area contributed by atoms with E-state index in [0.717, 1.165) is 83.3 Å². The lowest BCUT2D eigenvalue weighted by molar-refractivity contribution is 1.07. The number of aromatic nitrogens is 2. The van der Waals surface area contributed by atoms with Gasteiger partial charge in [0.1, 0.15) is 0 Å². The fraction of sp³-hybridized carbons (Fsp3) is 0. The van der Waals surface area contributed by atoms with Crippen molar-refractivity contribution in [3.05, 3.63) is 332 Å². The maximum atomic E-state index is 4.49. The third kappa shape index (κ3) is 9.75. The summed E-state index contributed by atoms with van der Waals surface area (Å²) >= 11 is 0. The highest BCUT2D eigenvalue weighted by molar-refractivity contribution is 6.10. The number of allylic oxidation sites excluding steroid dienone is 4. The average Bonchev–Trinajstić information content (AvgIpc) is 4.26. The standard InChI is InChI=1S/C78H57N3/c1-4-17-72-55(3)79(76-26-14-12-24-73(72)76)68-49-51-71(52-50-68)81-77-27-15-13-25-74(77)75-54-66(44-53-78(75)81)65-38-36-62(37-39-65)64-42-47-70(48-43-64)80(67(5-2)23-16-18-56-28-30-59(31-29-56)57-19-8-6-9-20-57)69-45-40-63(41-46-69)61-34-32-60(33-35-61)58-21-10-7-11-22-58/h4-54H,1-3H2/b18-16+,67-23+,72-17+. The fourth-order valence-electron chi connectivity index (χ4n) is 11.4. The molecule has 2 aromatic heterocycles. The highest BCUT2D eigenvalue weighted by atomic mass is 15.1. The molecule has 13 rings (SSSR count). The second-order valence-electron chi connectivity index (χ2n) is 20.3.